The van der Waals surface area contributed by atoms with Crippen molar-refractivity contribution >= 4 is 17.4 Å². The fourth-order valence-electron chi connectivity index (χ4n) is 1.61. The molecule has 15 heavy (non-hydrogen) atoms. The summed E-state index contributed by atoms with van der Waals surface area (Å²) in [5.74, 6) is 0. The Balaban J connectivity index is 2.55. The molecule has 84 valence electrons. The van der Waals surface area contributed by atoms with Crippen LogP contribution in [-0.2, 0) is 0 Å². The minimum Gasteiger partial charge on any atom is -0.382 e. The van der Waals surface area contributed by atoms with Crippen LogP contribution in [0.2, 0.25) is 0 Å². The molecule has 1 atom stereocenters. The largest absolute Gasteiger partial charge is 0.382 e. The third-order valence-corrected chi connectivity index (χ3v) is 3.30. The lowest BCUT2D eigenvalue weighted by atomic mass is 10.1. The van der Waals surface area contributed by atoms with Crippen LogP contribution in [0, 0.1) is 0 Å². The van der Waals surface area contributed by atoms with Gasteiger partial charge in [0.05, 0.1) is 0 Å². The van der Waals surface area contributed by atoms with Crippen LogP contribution < -0.4 is 5.32 Å². The highest BCUT2D eigenvalue weighted by Crippen LogP contribution is 2.25. The summed E-state index contributed by atoms with van der Waals surface area (Å²) in [6.07, 6.45) is 5.95. The predicted octanol–water partition coefficient (Wildman–Crippen LogP) is 4.40. The fraction of sp³-hybridized carbons (Fsp3) is 0.538. The van der Waals surface area contributed by atoms with E-state index in [4.69, 9.17) is 0 Å². The summed E-state index contributed by atoms with van der Waals surface area (Å²) in [7, 11) is 0. The van der Waals surface area contributed by atoms with Crippen molar-refractivity contribution in [3.8, 4) is 0 Å². The van der Waals surface area contributed by atoms with E-state index in [1.807, 2.05) is 0 Å². The number of thioether (sulfide) groups is 1. The van der Waals surface area contributed by atoms with E-state index < -0.39 is 0 Å². The number of para-hydroxylation sites is 1. The molecule has 0 saturated heterocycles. The third-order valence-electron chi connectivity index (χ3n) is 2.50. The highest BCUT2D eigenvalue weighted by atomic mass is 32.2. The third kappa shape index (κ3) is 4.17. The van der Waals surface area contributed by atoms with Crippen LogP contribution in [0.25, 0.3) is 0 Å². The molecule has 1 N–H and O–H groups in total. The van der Waals surface area contributed by atoms with Gasteiger partial charge >= 0.3 is 0 Å². The van der Waals surface area contributed by atoms with E-state index in [1.165, 1.54) is 29.8 Å². The molecule has 1 nitrogen and oxygen atoms in total. The van der Waals surface area contributed by atoms with Crippen LogP contribution in [0.4, 0.5) is 5.69 Å². The van der Waals surface area contributed by atoms with Gasteiger partial charge in [-0.3, -0.25) is 0 Å². The molecule has 1 unspecified atom stereocenters. The van der Waals surface area contributed by atoms with Gasteiger partial charge in [-0.05, 0) is 31.7 Å². The molecular formula is C13H21NS. The Morgan fingerprint density at radius 1 is 1.33 bits per heavy atom. The van der Waals surface area contributed by atoms with Crippen molar-refractivity contribution in [1.29, 1.82) is 0 Å². The maximum atomic E-state index is 3.58. The van der Waals surface area contributed by atoms with Crippen molar-refractivity contribution in [3.05, 3.63) is 24.3 Å². The molecule has 0 fully saturated rings. The molecule has 0 radical (unpaired) electrons. The van der Waals surface area contributed by atoms with E-state index in [0.717, 1.165) is 0 Å². The summed E-state index contributed by atoms with van der Waals surface area (Å²) in [4.78, 5) is 1.33. The van der Waals surface area contributed by atoms with Crippen molar-refractivity contribution < 1.29 is 0 Å². The van der Waals surface area contributed by atoms with Gasteiger partial charge in [0.1, 0.15) is 0 Å². The number of benzene rings is 1. The first kappa shape index (κ1) is 12.4. The molecule has 1 aromatic carbocycles. The zero-order chi connectivity index (χ0) is 11.1. The van der Waals surface area contributed by atoms with E-state index >= 15 is 0 Å². The minimum absolute atomic E-state index is 0.568. The molecule has 0 saturated carbocycles. The van der Waals surface area contributed by atoms with Gasteiger partial charge in [0.15, 0.2) is 0 Å². The van der Waals surface area contributed by atoms with E-state index in [1.54, 1.807) is 11.8 Å². The number of hydrogen-bond acceptors (Lipinski definition) is 2. The highest BCUT2D eigenvalue weighted by Gasteiger charge is 2.04. The lowest BCUT2D eigenvalue weighted by Crippen LogP contribution is -2.15. The van der Waals surface area contributed by atoms with Crippen molar-refractivity contribution in [2.45, 2.75) is 44.0 Å². The first-order valence-electron chi connectivity index (χ1n) is 5.67. The normalized spacial score (nSPS) is 12.5. The number of rotatable bonds is 6. The van der Waals surface area contributed by atoms with E-state index in [2.05, 4.69) is 49.7 Å². The second-order valence-corrected chi connectivity index (χ2v) is 4.74. The van der Waals surface area contributed by atoms with Gasteiger partial charge < -0.3 is 5.32 Å². The lowest BCUT2D eigenvalue weighted by molar-refractivity contribution is 0.644. The zero-order valence-electron chi connectivity index (χ0n) is 9.92. The molecule has 0 bridgehead atoms. The van der Waals surface area contributed by atoms with Crippen LogP contribution in [0.3, 0.4) is 0 Å². The number of unbranched alkanes of at least 4 members (excludes halogenated alkanes) is 1. The maximum absolute atomic E-state index is 3.58. The Labute approximate surface area is 97.7 Å². The monoisotopic (exact) mass is 223 g/mol. The van der Waals surface area contributed by atoms with E-state index in [9.17, 15) is 0 Å². The topological polar surface area (TPSA) is 12.0 Å². The van der Waals surface area contributed by atoms with Gasteiger partial charge in [-0.25, -0.2) is 0 Å². The van der Waals surface area contributed by atoms with Crippen LogP contribution >= 0.6 is 11.8 Å². The SMILES string of the molecule is CCCCC(C)Nc1ccccc1SC. The van der Waals surface area contributed by atoms with Crippen LogP contribution in [0.1, 0.15) is 33.1 Å². The molecule has 0 heterocycles. The number of nitrogens with one attached hydrogen (secondary N) is 1. The van der Waals surface area contributed by atoms with Gasteiger partial charge in [0.25, 0.3) is 0 Å². The zero-order valence-corrected chi connectivity index (χ0v) is 10.7. The summed E-state index contributed by atoms with van der Waals surface area (Å²) in [5, 5.41) is 3.58. The van der Waals surface area contributed by atoms with Crippen molar-refractivity contribution in [3.63, 3.8) is 0 Å². The first-order chi connectivity index (χ1) is 7.27. The summed E-state index contributed by atoms with van der Waals surface area (Å²) >= 11 is 1.80. The van der Waals surface area contributed by atoms with Crippen molar-refractivity contribution in [1.82, 2.24) is 0 Å². The van der Waals surface area contributed by atoms with Crippen LogP contribution in [0.5, 0.6) is 0 Å². The second-order valence-electron chi connectivity index (χ2n) is 3.89. The van der Waals surface area contributed by atoms with Crippen molar-refractivity contribution in [2.24, 2.45) is 0 Å². The molecule has 0 aliphatic heterocycles. The molecule has 0 aliphatic rings. The standard InChI is InChI=1S/C13H21NS/c1-4-5-8-11(2)14-12-9-6-7-10-13(12)15-3/h6-7,9-11,14H,4-5,8H2,1-3H3. The van der Waals surface area contributed by atoms with Gasteiger partial charge in [0.2, 0.25) is 0 Å². The Hall–Kier alpha value is -0.630. The average Bonchev–Trinajstić information content (AvgIpc) is 2.27. The van der Waals surface area contributed by atoms with Gasteiger partial charge in [-0.2, -0.15) is 0 Å². The molecule has 0 aromatic heterocycles. The van der Waals surface area contributed by atoms with E-state index in [-0.39, 0.29) is 0 Å². The first-order valence-corrected chi connectivity index (χ1v) is 6.90. The Morgan fingerprint density at radius 2 is 2.07 bits per heavy atom. The molecule has 1 aromatic rings. The Morgan fingerprint density at radius 3 is 2.73 bits per heavy atom. The summed E-state index contributed by atoms with van der Waals surface area (Å²) in [6.45, 7) is 4.50. The van der Waals surface area contributed by atoms with Crippen molar-refractivity contribution in [2.75, 3.05) is 11.6 Å². The summed E-state index contributed by atoms with van der Waals surface area (Å²) < 4.78 is 0. The number of anilines is 1. The van der Waals surface area contributed by atoms with Crippen LogP contribution in [-0.4, -0.2) is 12.3 Å². The number of hydrogen-bond donors (Lipinski definition) is 1. The van der Waals surface area contributed by atoms with Gasteiger partial charge in [-0.15, -0.1) is 11.8 Å². The Bertz CT molecular complexity index is 286. The summed E-state index contributed by atoms with van der Waals surface area (Å²) in [6, 6.07) is 9.08. The fourth-order valence-corrected chi connectivity index (χ4v) is 2.17. The molecule has 0 amide bonds. The quantitative estimate of drug-likeness (QED) is 0.717. The van der Waals surface area contributed by atoms with E-state index in [0.29, 0.717) is 6.04 Å². The predicted molar refractivity (Wildman–Crippen MR) is 70.8 cm³/mol. The molecule has 2 heteroatoms. The second kappa shape index (κ2) is 6.78. The smallest absolute Gasteiger partial charge is 0.0480 e. The van der Waals surface area contributed by atoms with Gasteiger partial charge in [-0.1, -0.05) is 31.9 Å². The van der Waals surface area contributed by atoms with Gasteiger partial charge in [0, 0.05) is 16.6 Å². The molecule has 0 aliphatic carbocycles. The lowest BCUT2D eigenvalue weighted by Gasteiger charge is -2.16. The molecule has 0 spiro atoms. The van der Waals surface area contributed by atoms with Crippen LogP contribution in [0.15, 0.2) is 29.2 Å². The highest BCUT2D eigenvalue weighted by molar-refractivity contribution is 7.98. The average molecular weight is 223 g/mol. The molecular weight excluding hydrogens is 202 g/mol. The minimum atomic E-state index is 0.568. The summed E-state index contributed by atoms with van der Waals surface area (Å²) in [5.41, 5.74) is 1.27. The maximum Gasteiger partial charge on any atom is 0.0480 e. The molecule has 1 rings (SSSR count). The Kier molecular flexibility index (Phi) is 5.62.